The molecule has 7 nitrogen and oxygen atoms in total. The average molecular weight is 388 g/mol. The molecule has 1 aliphatic heterocycles. The highest BCUT2D eigenvalue weighted by Crippen LogP contribution is 2.52. The number of likely N-dealkylation sites (tertiary alicyclic amines) is 1. The molecule has 0 radical (unpaired) electrons. The lowest BCUT2D eigenvalue weighted by Crippen LogP contribution is -2.43. The summed E-state index contributed by atoms with van der Waals surface area (Å²) in [5.74, 6) is 0.932. The monoisotopic (exact) mass is 387 g/mol. The predicted octanol–water partition coefficient (Wildman–Crippen LogP) is 1.23. The second-order valence-corrected chi connectivity index (χ2v) is 8.71. The highest BCUT2D eigenvalue weighted by molar-refractivity contribution is 7.11. The predicted molar refractivity (Wildman–Crippen MR) is 104 cm³/mol. The number of nitrogens with one attached hydrogen (secondary N) is 2. The number of aliphatic imine (C=N–C) groups is 1. The SMILES string of the molecule is CN=C(NCCN1C(=O)C2C3C=CC(C3)C2C1=O)NCc1sc(C)nc1C. The second kappa shape index (κ2) is 7.07. The Bertz CT molecular complexity index is 800. The number of imide groups is 1. The zero-order valence-electron chi connectivity index (χ0n) is 15.9. The van der Waals surface area contributed by atoms with Gasteiger partial charge < -0.3 is 10.6 Å². The fraction of sp³-hybridized carbons (Fsp3) is 0.579. The number of rotatable bonds is 5. The minimum absolute atomic E-state index is 0.00218. The van der Waals surface area contributed by atoms with Crippen molar-refractivity contribution in [3.63, 3.8) is 0 Å². The number of amides is 2. The van der Waals surface area contributed by atoms with E-state index >= 15 is 0 Å². The average Bonchev–Trinajstić information content (AvgIpc) is 3.38. The smallest absolute Gasteiger partial charge is 0.233 e. The van der Waals surface area contributed by atoms with Gasteiger partial charge in [-0.25, -0.2) is 4.98 Å². The van der Waals surface area contributed by atoms with Gasteiger partial charge in [-0.15, -0.1) is 11.3 Å². The molecule has 1 saturated carbocycles. The normalized spacial score (nSPS) is 29.0. The van der Waals surface area contributed by atoms with Crippen molar-refractivity contribution in [3.05, 3.63) is 27.7 Å². The summed E-state index contributed by atoms with van der Waals surface area (Å²) < 4.78 is 0. The summed E-state index contributed by atoms with van der Waals surface area (Å²) in [5, 5.41) is 7.51. The van der Waals surface area contributed by atoms with E-state index in [1.54, 1.807) is 18.4 Å². The van der Waals surface area contributed by atoms with Crippen molar-refractivity contribution in [1.29, 1.82) is 0 Å². The standard InChI is InChI=1S/C19H25N5O2S/c1-10-14(27-11(2)23-10)9-22-19(20-3)21-6-7-24-17(25)15-12-4-5-13(8-12)16(15)18(24)26/h4-5,12-13,15-16H,6-9H2,1-3H3,(H2,20,21,22). The minimum atomic E-state index is -0.123. The van der Waals surface area contributed by atoms with Crippen LogP contribution in [0.2, 0.25) is 0 Å². The Labute approximate surface area is 163 Å². The summed E-state index contributed by atoms with van der Waals surface area (Å²) in [6.45, 7) is 5.51. The van der Waals surface area contributed by atoms with Crippen LogP contribution in [0.3, 0.4) is 0 Å². The Balaban J connectivity index is 1.28. The third kappa shape index (κ3) is 3.16. The van der Waals surface area contributed by atoms with Gasteiger partial charge in [-0.2, -0.15) is 0 Å². The van der Waals surface area contributed by atoms with E-state index in [1.165, 1.54) is 9.78 Å². The number of fused-ring (bicyclic) bond motifs is 5. The van der Waals surface area contributed by atoms with E-state index in [0.717, 1.165) is 17.1 Å². The molecular weight excluding hydrogens is 362 g/mol. The molecule has 4 unspecified atom stereocenters. The molecule has 0 spiro atoms. The van der Waals surface area contributed by atoms with Crippen LogP contribution in [0, 0.1) is 37.5 Å². The molecule has 2 aliphatic carbocycles. The highest BCUT2D eigenvalue weighted by Gasteiger charge is 2.58. The first-order valence-electron chi connectivity index (χ1n) is 9.40. The van der Waals surface area contributed by atoms with Crippen LogP contribution >= 0.6 is 11.3 Å². The van der Waals surface area contributed by atoms with Crippen molar-refractivity contribution >= 4 is 29.1 Å². The van der Waals surface area contributed by atoms with Crippen LogP contribution in [-0.2, 0) is 16.1 Å². The lowest BCUT2D eigenvalue weighted by atomic mass is 9.85. The molecule has 4 atom stereocenters. The van der Waals surface area contributed by atoms with Gasteiger partial charge in [0.25, 0.3) is 0 Å². The first kappa shape index (κ1) is 18.2. The number of guanidine groups is 1. The maximum Gasteiger partial charge on any atom is 0.233 e. The third-order valence-corrected chi connectivity index (χ3v) is 6.90. The van der Waals surface area contributed by atoms with Crippen molar-refractivity contribution in [2.75, 3.05) is 20.1 Å². The van der Waals surface area contributed by atoms with Crippen LogP contribution in [0.5, 0.6) is 0 Å². The van der Waals surface area contributed by atoms with Gasteiger partial charge in [0.15, 0.2) is 5.96 Å². The molecular formula is C19H25N5O2S. The number of hydrogen-bond acceptors (Lipinski definition) is 5. The van der Waals surface area contributed by atoms with E-state index in [1.807, 2.05) is 13.8 Å². The summed E-state index contributed by atoms with van der Waals surface area (Å²) in [6, 6.07) is 0. The molecule has 1 saturated heterocycles. The Morgan fingerprint density at radius 2 is 1.89 bits per heavy atom. The van der Waals surface area contributed by atoms with E-state index in [2.05, 4.69) is 32.8 Å². The molecule has 1 aromatic heterocycles. The van der Waals surface area contributed by atoms with E-state index < -0.39 is 0 Å². The Hall–Kier alpha value is -2.22. The molecule has 8 heteroatoms. The quantitative estimate of drug-likeness (QED) is 0.343. The topological polar surface area (TPSA) is 86.7 Å². The van der Waals surface area contributed by atoms with Gasteiger partial charge in [0.05, 0.1) is 29.1 Å². The van der Waals surface area contributed by atoms with Crippen molar-refractivity contribution < 1.29 is 9.59 Å². The van der Waals surface area contributed by atoms with Gasteiger partial charge in [-0.05, 0) is 32.1 Å². The van der Waals surface area contributed by atoms with Gasteiger partial charge >= 0.3 is 0 Å². The summed E-state index contributed by atoms with van der Waals surface area (Å²) in [7, 11) is 1.71. The van der Waals surface area contributed by atoms with Crippen LogP contribution in [0.4, 0.5) is 0 Å². The zero-order valence-corrected chi connectivity index (χ0v) is 16.7. The summed E-state index contributed by atoms with van der Waals surface area (Å²) in [6.07, 6.45) is 5.20. The molecule has 3 aliphatic rings. The van der Waals surface area contributed by atoms with Crippen LogP contribution in [0.1, 0.15) is 22.0 Å². The number of aryl methyl sites for hydroxylation is 2. The molecule has 2 heterocycles. The number of carbonyl (C=O) groups excluding carboxylic acids is 2. The van der Waals surface area contributed by atoms with Crippen molar-refractivity contribution in [3.8, 4) is 0 Å². The van der Waals surface area contributed by atoms with Gasteiger partial charge in [-0.3, -0.25) is 19.5 Å². The fourth-order valence-electron chi connectivity index (χ4n) is 4.59. The number of thiazole rings is 1. The number of aromatic nitrogens is 1. The van der Waals surface area contributed by atoms with Crippen molar-refractivity contribution in [2.24, 2.45) is 28.7 Å². The van der Waals surface area contributed by atoms with Crippen molar-refractivity contribution in [1.82, 2.24) is 20.5 Å². The largest absolute Gasteiger partial charge is 0.355 e. The zero-order chi connectivity index (χ0) is 19.1. The van der Waals surface area contributed by atoms with Gasteiger partial charge in [0.1, 0.15) is 0 Å². The number of nitrogens with zero attached hydrogens (tertiary/aromatic N) is 3. The number of hydrogen-bond donors (Lipinski definition) is 2. The second-order valence-electron chi connectivity index (χ2n) is 7.42. The minimum Gasteiger partial charge on any atom is -0.355 e. The first-order valence-corrected chi connectivity index (χ1v) is 10.2. The van der Waals surface area contributed by atoms with Gasteiger partial charge in [-0.1, -0.05) is 12.2 Å². The molecule has 2 fully saturated rings. The molecule has 1 aromatic rings. The lowest BCUT2D eigenvalue weighted by molar-refractivity contribution is -0.140. The molecule has 2 N–H and O–H groups in total. The van der Waals surface area contributed by atoms with E-state index in [0.29, 0.717) is 25.6 Å². The Morgan fingerprint density at radius 1 is 1.22 bits per heavy atom. The van der Waals surface area contributed by atoms with Crippen LogP contribution < -0.4 is 10.6 Å². The highest BCUT2D eigenvalue weighted by atomic mass is 32.1. The maximum absolute atomic E-state index is 12.7. The van der Waals surface area contributed by atoms with Crippen LogP contribution in [0.25, 0.3) is 0 Å². The fourth-order valence-corrected chi connectivity index (χ4v) is 5.47. The molecule has 2 amide bonds. The number of carbonyl (C=O) groups is 2. The number of allylic oxidation sites excluding steroid dienone is 2. The first-order chi connectivity index (χ1) is 13.0. The van der Waals surface area contributed by atoms with Crippen LogP contribution in [0.15, 0.2) is 17.1 Å². The van der Waals surface area contributed by atoms with Gasteiger partial charge in [0.2, 0.25) is 11.8 Å². The van der Waals surface area contributed by atoms with Crippen molar-refractivity contribution in [2.45, 2.75) is 26.8 Å². The van der Waals surface area contributed by atoms with E-state index in [-0.39, 0.29) is 35.5 Å². The molecule has 4 rings (SSSR count). The molecule has 0 aromatic carbocycles. The Kier molecular flexibility index (Phi) is 4.75. The molecule has 27 heavy (non-hydrogen) atoms. The summed E-state index contributed by atoms with van der Waals surface area (Å²) in [5.41, 5.74) is 1.03. The summed E-state index contributed by atoms with van der Waals surface area (Å²) in [4.78, 5) is 36.6. The van der Waals surface area contributed by atoms with E-state index in [4.69, 9.17) is 0 Å². The van der Waals surface area contributed by atoms with Crippen LogP contribution in [-0.4, -0.2) is 47.8 Å². The van der Waals surface area contributed by atoms with Gasteiger partial charge in [0, 0.05) is 25.0 Å². The molecule has 2 bridgehead atoms. The summed E-state index contributed by atoms with van der Waals surface area (Å²) >= 11 is 1.67. The lowest BCUT2D eigenvalue weighted by Gasteiger charge is -2.18. The Morgan fingerprint density at radius 3 is 2.44 bits per heavy atom. The van der Waals surface area contributed by atoms with E-state index in [9.17, 15) is 9.59 Å². The maximum atomic E-state index is 12.7. The molecule has 144 valence electrons. The third-order valence-electron chi connectivity index (χ3n) is 5.83.